The maximum absolute atomic E-state index is 12.4. The first-order chi connectivity index (χ1) is 14.0. The van der Waals surface area contributed by atoms with E-state index in [9.17, 15) is 9.90 Å². The molecule has 1 aromatic heterocycles. The molecule has 5 nitrogen and oxygen atoms in total. The third-order valence-electron chi connectivity index (χ3n) is 6.04. The minimum absolute atomic E-state index is 0.209. The molecule has 1 saturated heterocycles. The van der Waals surface area contributed by atoms with Crippen molar-refractivity contribution in [2.75, 3.05) is 0 Å². The molecule has 30 heavy (non-hydrogen) atoms. The summed E-state index contributed by atoms with van der Waals surface area (Å²) in [7, 11) is 0. The number of aliphatic hydroxyl groups is 1. The van der Waals surface area contributed by atoms with Gasteiger partial charge in [0.1, 0.15) is 11.9 Å². The van der Waals surface area contributed by atoms with Crippen LogP contribution in [0, 0.1) is 0 Å². The molecule has 1 N–H and O–H groups in total. The van der Waals surface area contributed by atoms with Crippen LogP contribution in [0.5, 0.6) is 0 Å². The molecule has 4 rings (SSSR count). The first-order valence-electron chi connectivity index (χ1n) is 9.91. The lowest BCUT2D eigenvalue weighted by Gasteiger charge is -2.30. The molecule has 0 amide bonds. The molecule has 0 aliphatic carbocycles. The number of ether oxygens (including phenoxy) is 2. The molecule has 6 heteroatoms. The van der Waals surface area contributed by atoms with Crippen LogP contribution in [0.1, 0.15) is 58.3 Å². The zero-order valence-corrected chi connectivity index (χ0v) is 18.4. The number of aliphatic hydroxyl groups excluding tert-OH is 1. The van der Waals surface area contributed by atoms with Crippen LogP contribution >= 0.6 is 11.6 Å². The molecule has 3 aromatic rings. The molecule has 0 spiro atoms. The Bertz CT molecular complexity index is 1160. The summed E-state index contributed by atoms with van der Waals surface area (Å²) in [5.41, 5.74) is 0.585. The van der Waals surface area contributed by atoms with Crippen molar-refractivity contribution in [2.24, 2.45) is 0 Å². The maximum Gasteiger partial charge on any atom is 0.343 e. The van der Waals surface area contributed by atoms with Gasteiger partial charge in [-0.15, -0.1) is 0 Å². The molecule has 0 bridgehead atoms. The Morgan fingerprint density at radius 3 is 2.20 bits per heavy atom. The highest BCUT2D eigenvalue weighted by Gasteiger charge is 2.50. The van der Waals surface area contributed by atoms with Crippen molar-refractivity contribution in [3.8, 4) is 11.1 Å². The molecular weight excluding hydrogens is 404 g/mol. The van der Waals surface area contributed by atoms with Gasteiger partial charge in [-0.1, -0.05) is 35.9 Å². The average molecular weight is 429 g/mol. The number of rotatable bonds is 3. The SMILES string of the molecule is CC(O)c1oc(=O)c2ccccc2c1-c1ccc(Cl)c(C2OC(C)(C)C(C)(C)O2)c1. The molecule has 1 atom stereocenters. The summed E-state index contributed by atoms with van der Waals surface area (Å²) in [5.74, 6) is 0.209. The van der Waals surface area contributed by atoms with Crippen molar-refractivity contribution in [1.82, 2.24) is 0 Å². The van der Waals surface area contributed by atoms with Gasteiger partial charge >= 0.3 is 5.63 Å². The van der Waals surface area contributed by atoms with Gasteiger partial charge in [-0.2, -0.15) is 0 Å². The van der Waals surface area contributed by atoms with E-state index < -0.39 is 29.2 Å². The fourth-order valence-corrected chi connectivity index (χ4v) is 3.87. The average Bonchev–Trinajstić information content (AvgIpc) is 2.89. The Morgan fingerprint density at radius 1 is 1.00 bits per heavy atom. The van der Waals surface area contributed by atoms with Crippen LogP contribution in [0.15, 0.2) is 51.7 Å². The standard InChI is InChI=1S/C24H25ClO5/c1-13(26)20-19(15-8-6-7-9-16(15)21(27)28-20)14-10-11-18(25)17(12-14)22-29-23(2,3)24(4,5)30-22/h6-13,22,26H,1-5H3. The van der Waals surface area contributed by atoms with E-state index in [-0.39, 0.29) is 5.76 Å². The molecule has 0 radical (unpaired) electrons. The van der Waals surface area contributed by atoms with E-state index in [0.29, 0.717) is 26.9 Å². The lowest BCUT2D eigenvalue weighted by atomic mass is 9.90. The van der Waals surface area contributed by atoms with Gasteiger partial charge in [0.25, 0.3) is 0 Å². The second-order valence-electron chi connectivity index (χ2n) is 8.67. The zero-order chi connectivity index (χ0) is 21.8. The van der Waals surface area contributed by atoms with Crippen LogP contribution in [0.2, 0.25) is 5.02 Å². The van der Waals surface area contributed by atoms with Gasteiger partial charge < -0.3 is 19.0 Å². The lowest BCUT2D eigenvalue weighted by Crippen LogP contribution is -2.41. The quantitative estimate of drug-likeness (QED) is 0.573. The van der Waals surface area contributed by atoms with Crippen molar-refractivity contribution >= 4 is 22.4 Å². The van der Waals surface area contributed by atoms with Gasteiger partial charge in [0, 0.05) is 21.5 Å². The van der Waals surface area contributed by atoms with E-state index in [1.54, 1.807) is 25.1 Å². The minimum Gasteiger partial charge on any atom is -0.424 e. The van der Waals surface area contributed by atoms with Gasteiger partial charge in [-0.05, 0) is 58.4 Å². The molecule has 1 aliphatic rings. The van der Waals surface area contributed by atoms with E-state index in [4.69, 9.17) is 25.5 Å². The monoisotopic (exact) mass is 428 g/mol. The number of hydrogen-bond donors (Lipinski definition) is 1. The molecule has 0 saturated carbocycles. The first kappa shape index (κ1) is 21.1. The van der Waals surface area contributed by atoms with Crippen molar-refractivity contribution in [3.63, 3.8) is 0 Å². The van der Waals surface area contributed by atoms with Crippen LogP contribution in [0.3, 0.4) is 0 Å². The molecule has 2 aromatic carbocycles. The van der Waals surface area contributed by atoms with Crippen LogP contribution in [-0.2, 0) is 9.47 Å². The second-order valence-corrected chi connectivity index (χ2v) is 9.08. The van der Waals surface area contributed by atoms with Gasteiger partial charge in [-0.3, -0.25) is 0 Å². The fourth-order valence-electron chi connectivity index (χ4n) is 3.66. The molecule has 1 fully saturated rings. The summed E-state index contributed by atoms with van der Waals surface area (Å²) in [5, 5.41) is 12.0. The molecule has 2 heterocycles. The summed E-state index contributed by atoms with van der Waals surface area (Å²) < 4.78 is 17.9. The Kier molecular flexibility index (Phi) is 5.06. The van der Waals surface area contributed by atoms with Crippen molar-refractivity contribution in [1.29, 1.82) is 0 Å². The molecule has 1 aliphatic heterocycles. The largest absolute Gasteiger partial charge is 0.424 e. The highest BCUT2D eigenvalue weighted by atomic mass is 35.5. The van der Waals surface area contributed by atoms with E-state index in [1.165, 1.54) is 0 Å². The Balaban J connectivity index is 1.93. The van der Waals surface area contributed by atoms with E-state index in [0.717, 1.165) is 5.56 Å². The molecule has 158 valence electrons. The minimum atomic E-state index is -0.965. The number of fused-ring (bicyclic) bond motifs is 1. The summed E-state index contributed by atoms with van der Waals surface area (Å²) in [6.07, 6.45) is -1.60. The van der Waals surface area contributed by atoms with Gasteiger partial charge in [0.2, 0.25) is 0 Å². The number of hydrogen-bond acceptors (Lipinski definition) is 5. The summed E-state index contributed by atoms with van der Waals surface area (Å²) in [4.78, 5) is 12.4. The first-order valence-corrected chi connectivity index (χ1v) is 10.3. The van der Waals surface area contributed by atoms with Gasteiger partial charge in [0.05, 0.1) is 16.6 Å². The predicted octanol–water partition coefficient (Wildman–Crippen LogP) is 5.77. The number of benzene rings is 2. The second kappa shape index (κ2) is 7.20. The van der Waals surface area contributed by atoms with Crippen LogP contribution in [0.25, 0.3) is 21.9 Å². The van der Waals surface area contributed by atoms with E-state index >= 15 is 0 Å². The predicted molar refractivity (Wildman–Crippen MR) is 117 cm³/mol. The summed E-state index contributed by atoms with van der Waals surface area (Å²) >= 11 is 6.51. The normalized spacial score (nSPS) is 19.3. The summed E-state index contributed by atoms with van der Waals surface area (Å²) in [6, 6.07) is 12.7. The van der Waals surface area contributed by atoms with Crippen LogP contribution < -0.4 is 5.63 Å². The fraction of sp³-hybridized carbons (Fsp3) is 0.375. The Hall–Kier alpha value is -2.18. The number of halogens is 1. The van der Waals surface area contributed by atoms with Crippen LogP contribution in [-0.4, -0.2) is 16.3 Å². The highest BCUT2D eigenvalue weighted by Crippen LogP contribution is 2.47. The third-order valence-corrected chi connectivity index (χ3v) is 6.38. The highest BCUT2D eigenvalue weighted by molar-refractivity contribution is 6.31. The van der Waals surface area contributed by atoms with Gasteiger partial charge in [-0.25, -0.2) is 4.79 Å². The lowest BCUT2D eigenvalue weighted by molar-refractivity contribution is -0.0894. The smallest absolute Gasteiger partial charge is 0.343 e. The Morgan fingerprint density at radius 2 is 1.60 bits per heavy atom. The van der Waals surface area contributed by atoms with Crippen LogP contribution in [0.4, 0.5) is 0 Å². The van der Waals surface area contributed by atoms with Crippen molar-refractivity contribution < 1.29 is 19.0 Å². The van der Waals surface area contributed by atoms with Gasteiger partial charge in [0.15, 0.2) is 6.29 Å². The van der Waals surface area contributed by atoms with E-state index in [1.807, 2.05) is 52.0 Å². The third kappa shape index (κ3) is 3.36. The zero-order valence-electron chi connectivity index (χ0n) is 17.7. The topological polar surface area (TPSA) is 68.9 Å². The summed E-state index contributed by atoms with van der Waals surface area (Å²) in [6.45, 7) is 9.50. The van der Waals surface area contributed by atoms with Crippen molar-refractivity contribution in [3.05, 3.63) is 69.2 Å². The van der Waals surface area contributed by atoms with Crippen molar-refractivity contribution in [2.45, 2.75) is 58.2 Å². The molecular formula is C24H25ClO5. The Labute approximate surface area is 180 Å². The molecule has 1 unspecified atom stereocenters. The van der Waals surface area contributed by atoms with E-state index in [2.05, 4.69) is 0 Å². The maximum atomic E-state index is 12.4.